The Kier molecular flexibility index (Phi) is 6.68. The Labute approximate surface area is 203 Å². The number of halogens is 3. The molecule has 0 spiro atoms. The molecule has 2 aromatic rings. The number of alkyl halides is 3. The molecule has 35 heavy (non-hydrogen) atoms. The summed E-state index contributed by atoms with van der Waals surface area (Å²) in [6.07, 6.45) is 2.98. The lowest BCUT2D eigenvalue weighted by Gasteiger charge is -2.48. The summed E-state index contributed by atoms with van der Waals surface area (Å²) in [6, 6.07) is 6.62. The number of hydrogen-bond donors (Lipinski definition) is 1. The number of aromatic nitrogens is 1. The van der Waals surface area contributed by atoms with E-state index in [-0.39, 0.29) is 35.2 Å². The summed E-state index contributed by atoms with van der Waals surface area (Å²) >= 11 is 0. The first-order valence-corrected chi connectivity index (χ1v) is 12.8. The maximum absolute atomic E-state index is 14.2. The van der Waals surface area contributed by atoms with Gasteiger partial charge in [0.15, 0.2) is 0 Å². The van der Waals surface area contributed by atoms with Crippen molar-refractivity contribution < 1.29 is 27.8 Å². The number of benzene rings is 1. The van der Waals surface area contributed by atoms with Crippen LogP contribution >= 0.6 is 0 Å². The third-order valence-electron chi connectivity index (χ3n) is 8.25. The van der Waals surface area contributed by atoms with Crippen molar-refractivity contribution in [3.8, 4) is 5.75 Å². The fourth-order valence-corrected chi connectivity index (χ4v) is 6.36. The van der Waals surface area contributed by atoms with E-state index in [2.05, 4.69) is 16.8 Å². The summed E-state index contributed by atoms with van der Waals surface area (Å²) < 4.78 is 48.4. The number of hydrogen-bond acceptors (Lipinski definition) is 4. The third kappa shape index (κ3) is 5.13. The molecule has 2 bridgehead atoms. The lowest BCUT2D eigenvalue weighted by atomic mass is 9.78. The van der Waals surface area contributed by atoms with Gasteiger partial charge in [-0.1, -0.05) is 19.4 Å². The highest BCUT2D eigenvalue weighted by molar-refractivity contribution is 5.85. The largest absolute Gasteiger partial charge is 0.490 e. The summed E-state index contributed by atoms with van der Waals surface area (Å²) in [5.74, 6) is -0.563. The van der Waals surface area contributed by atoms with Crippen molar-refractivity contribution in [3.05, 3.63) is 35.5 Å². The Hall–Kier alpha value is -2.35. The van der Waals surface area contributed by atoms with Crippen LogP contribution < -0.4 is 4.74 Å². The number of carboxylic acids is 1. The van der Waals surface area contributed by atoms with Crippen LogP contribution in [-0.4, -0.2) is 39.1 Å². The first-order chi connectivity index (χ1) is 16.7. The van der Waals surface area contributed by atoms with Crippen LogP contribution in [0.3, 0.4) is 0 Å². The second-order valence-corrected chi connectivity index (χ2v) is 10.7. The summed E-state index contributed by atoms with van der Waals surface area (Å²) in [5.41, 5.74) is 0.281. The molecule has 1 aromatic carbocycles. The van der Waals surface area contributed by atoms with Crippen molar-refractivity contribution in [2.75, 3.05) is 0 Å². The van der Waals surface area contributed by atoms with E-state index < -0.39 is 17.7 Å². The van der Waals surface area contributed by atoms with Crippen LogP contribution in [0.2, 0.25) is 0 Å². The number of ether oxygens (including phenoxy) is 1. The molecule has 3 heterocycles. The van der Waals surface area contributed by atoms with Crippen molar-refractivity contribution in [3.63, 3.8) is 0 Å². The Morgan fingerprint density at radius 3 is 2.37 bits per heavy atom. The van der Waals surface area contributed by atoms with Gasteiger partial charge in [-0.05, 0) is 75.5 Å². The van der Waals surface area contributed by atoms with Crippen LogP contribution in [0.1, 0.15) is 76.0 Å². The second-order valence-electron chi connectivity index (χ2n) is 10.7. The summed E-state index contributed by atoms with van der Waals surface area (Å²) in [5, 5.41) is 9.55. The highest BCUT2D eigenvalue weighted by atomic mass is 19.4. The van der Waals surface area contributed by atoms with Gasteiger partial charge in [-0.15, -0.1) is 0 Å². The van der Waals surface area contributed by atoms with Crippen LogP contribution in [0.25, 0.3) is 10.9 Å². The Bertz CT molecular complexity index is 1070. The minimum absolute atomic E-state index is 0.0627. The predicted octanol–water partition coefficient (Wildman–Crippen LogP) is 6.43. The Morgan fingerprint density at radius 1 is 1.06 bits per heavy atom. The first kappa shape index (κ1) is 24.3. The zero-order chi connectivity index (χ0) is 24.7. The van der Waals surface area contributed by atoms with Gasteiger partial charge in [0, 0.05) is 24.0 Å². The molecule has 3 aliphatic rings. The summed E-state index contributed by atoms with van der Waals surface area (Å²) in [7, 11) is 0. The van der Waals surface area contributed by atoms with Gasteiger partial charge in [0.25, 0.3) is 0 Å². The van der Waals surface area contributed by atoms with E-state index in [1.807, 2.05) is 0 Å². The topological polar surface area (TPSA) is 62.7 Å². The lowest BCUT2D eigenvalue weighted by Crippen LogP contribution is -2.52. The molecular weight excluding hydrogens is 457 g/mol. The maximum atomic E-state index is 14.2. The monoisotopic (exact) mass is 490 g/mol. The fourth-order valence-electron chi connectivity index (χ4n) is 6.36. The third-order valence-corrected chi connectivity index (χ3v) is 8.25. The molecule has 2 unspecified atom stereocenters. The van der Waals surface area contributed by atoms with E-state index in [4.69, 9.17) is 4.74 Å². The molecule has 0 radical (unpaired) electrons. The van der Waals surface area contributed by atoms with Gasteiger partial charge >= 0.3 is 12.1 Å². The normalized spacial score (nSPS) is 29.8. The zero-order valence-corrected chi connectivity index (χ0v) is 20.1. The van der Waals surface area contributed by atoms with Crippen molar-refractivity contribution in [1.29, 1.82) is 0 Å². The lowest BCUT2D eigenvalue weighted by molar-refractivity contribution is -0.146. The van der Waals surface area contributed by atoms with E-state index in [0.29, 0.717) is 36.5 Å². The quantitative estimate of drug-likeness (QED) is 0.523. The van der Waals surface area contributed by atoms with Gasteiger partial charge in [0.2, 0.25) is 0 Å². The number of fused-ring (bicyclic) bond motifs is 3. The number of nitrogens with zero attached hydrogens (tertiary/aromatic N) is 2. The molecule has 1 N–H and O–H groups in total. The molecule has 2 aliphatic heterocycles. The molecule has 1 saturated carbocycles. The minimum atomic E-state index is -4.55. The Morgan fingerprint density at radius 2 is 1.74 bits per heavy atom. The smallest absolute Gasteiger partial charge is 0.420 e. The van der Waals surface area contributed by atoms with Crippen LogP contribution in [0, 0.1) is 11.8 Å². The molecule has 5 nitrogen and oxygen atoms in total. The van der Waals surface area contributed by atoms with Crippen LogP contribution in [0.5, 0.6) is 5.75 Å². The predicted molar refractivity (Wildman–Crippen MR) is 126 cm³/mol. The number of carbonyl (C=O) groups is 1. The molecule has 190 valence electrons. The molecule has 1 aliphatic carbocycles. The van der Waals surface area contributed by atoms with Gasteiger partial charge in [-0.25, -0.2) is 0 Å². The molecule has 2 saturated heterocycles. The van der Waals surface area contributed by atoms with Gasteiger partial charge < -0.3 is 9.84 Å². The molecule has 3 fully saturated rings. The van der Waals surface area contributed by atoms with Crippen LogP contribution in [0.4, 0.5) is 13.2 Å². The highest BCUT2D eigenvalue weighted by Crippen LogP contribution is 2.43. The van der Waals surface area contributed by atoms with Crippen LogP contribution in [0.15, 0.2) is 24.3 Å². The zero-order valence-electron chi connectivity index (χ0n) is 20.1. The van der Waals surface area contributed by atoms with Crippen molar-refractivity contribution >= 4 is 16.9 Å². The molecule has 0 amide bonds. The number of piperidine rings is 2. The van der Waals surface area contributed by atoms with Crippen LogP contribution in [-0.2, 0) is 17.5 Å². The average molecular weight is 491 g/mol. The van der Waals surface area contributed by atoms with Gasteiger partial charge in [-0.2, -0.15) is 13.2 Å². The molecular formula is C27H33F3N2O3. The van der Waals surface area contributed by atoms with Crippen molar-refractivity contribution in [1.82, 2.24) is 9.88 Å². The van der Waals surface area contributed by atoms with Gasteiger partial charge in [-0.3, -0.25) is 14.7 Å². The average Bonchev–Trinajstić information content (AvgIpc) is 2.79. The summed E-state index contributed by atoms with van der Waals surface area (Å²) in [4.78, 5) is 18.5. The van der Waals surface area contributed by atoms with E-state index in [9.17, 15) is 23.1 Å². The standard InChI is InChI=1S/C27H33F3N2O3/c1-16-5-8-21(9-6-16)35-24-12-11-23-22(25(24)27(28,29)30)10-7-18(31-23)15-32-19-3-2-4-20(32)14-17(13-19)26(33)34/h7,10-12,16-17,19-21H,2-6,8-9,13-15H2,1H3,(H,33,34). The number of aliphatic carboxylic acids is 1. The molecule has 5 rings (SSSR count). The van der Waals surface area contributed by atoms with Crippen molar-refractivity contribution in [2.24, 2.45) is 11.8 Å². The first-order valence-electron chi connectivity index (χ1n) is 12.8. The molecule has 8 heteroatoms. The van der Waals surface area contributed by atoms with E-state index in [1.54, 1.807) is 12.1 Å². The van der Waals surface area contributed by atoms with Gasteiger partial charge in [0.05, 0.1) is 23.2 Å². The Balaban J connectivity index is 1.40. The number of carboxylic acid groups (broad SMARTS) is 1. The van der Waals surface area contributed by atoms with Crippen molar-refractivity contribution in [2.45, 2.75) is 95.6 Å². The SMILES string of the molecule is CC1CCC(Oc2ccc3nc(CN4C5CCCC4CC(C(=O)O)C5)ccc3c2C(F)(F)F)CC1. The molecule has 2 atom stereocenters. The van der Waals surface area contributed by atoms with E-state index >= 15 is 0 Å². The van der Waals surface area contributed by atoms with E-state index in [0.717, 1.165) is 44.9 Å². The maximum Gasteiger partial charge on any atom is 0.420 e. The van der Waals surface area contributed by atoms with E-state index in [1.165, 1.54) is 12.1 Å². The van der Waals surface area contributed by atoms with Gasteiger partial charge in [0.1, 0.15) is 11.3 Å². The molecule has 1 aromatic heterocycles. The minimum Gasteiger partial charge on any atom is -0.490 e. The highest BCUT2D eigenvalue weighted by Gasteiger charge is 2.41. The fraction of sp³-hybridized carbons (Fsp3) is 0.630. The number of pyridine rings is 1. The summed E-state index contributed by atoms with van der Waals surface area (Å²) in [6.45, 7) is 2.69. The second kappa shape index (κ2) is 9.60. The number of rotatable bonds is 5.